The summed E-state index contributed by atoms with van der Waals surface area (Å²) in [6, 6.07) is 4.18. The first-order valence-corrected chi connectivity index (χ1v) is 10.6. The van der Waals surface area contributed by atoms with Crippen LogP contribution in [-0.2, 0) is 0 Å². The molecule has 9 heteroatoms. The van der Waals surface area contributed by atoms with Gasteiger partial charge in [-0.05, 0) is 47.1 Å². The molecule has 0 spiro atoms. The lowest BCUT2D eigenvalue weighted by Gasteiger charge is -2.30. The van der Waals surface area contributed by atoms with Gasteiger partial charge in [-0.2, -0.15) is 5.26 Å². The number of carbonyl (C=O) groups is 1. The predicted molar refractivity (Wildman–Crippen MR) is 113 cm³/mol. The molecule has 0 radical (unpaired) electrons. The van der Waals surface area contributed by atoms with E-state index in [0.29, 0.717) is 29.0 Å². The number of hydrogen-bond donors (Lipinski definition) is 2. The second-order valence-electron chi connectivity index (χ2n) is 8.32. The smallest absolute Gasteiger partial charge is 0.271 e. The molecular weight excluding hydrogens is 386 g/mol. The van der Waals surface area contributed by atoms with Gasteiger partial charge >= 0.3 is 0 Å². The van der Waals surface area contributed by atoms with Crippen LogP contribution in [-0.4, -0.2) is 50.9 Å². The highest BCUT2D eigenvalue weighted by atomic mass is 32.1. The number of carbonyl (C=O) groups excluding carboxylic acids is 1. The lowest BCUT2D eigenvalue weighted by molar-refractivity contribution is 0.0915. The minimum atomic E-state index is -0.313. The van der Waals surface area contributed by atoms with E-state index in [1.54, 1.807) is 5.38 Å². The molecule has 2 aromatic heterocycles. The number of thiazole rings is 1. The summed E-state index contributed by atoms with van der Waals surface area (Å²) in [6.07, 6.45) is 2.10. The fourth-order valence-electron chi connectivity index (χ4n) is 3.35. The topological polar surface area (TPSA) is 107 Å². The van der Waals surface area contributed by atoms with Crippen molar-refractivity contribution in [2.24, 2.45) is 0 Å². The van der Waals surface area contributed by atoms with E-state index in [-0.39, 0.29) is 17.4 Å². The molecule has 3 heterocycles. The van der Waals surface area contributed by atoms with E-state index in [4.69, 9.17) is 5.26 Å². The summed E-state index contributed by atoms with van der Waals surface area (Å²) < 4.78 is 0. The highest BCUT2D eigenvalue weighted by Gasteiger charge is 2.23. The molecule has 0 aromatic carbocycles. The van der Waals surface area contributed by atoms with Crippen LogP contribution in [0, 0.1) is 18.3 Å². The van der Waals surface area contributed by atoms with Crippen LogP contribution < -0.4 is 10.6 Å². The molecule has 0 bridgehead atoms. The summed E-state index contributed by atoms with van der Waals surface area (Å²) in [6.45, 7) is 9.91. The maximum absolute atomic E-state index is 12.3. The van der Waals surface area contributed by atoms with Crippen LogP contribution in [0.4, 0.5) is 10.9 Å². The Balaban J connectivity index is 1.72. The first kappa shape index (κ1) is 21.1. The van der Waals surface area contributed by atoms with Gasteiger partial charge < -0.3 is 10.6 Å². The Morgan fingerprint density at radius 3 is 2.90 bits per heavy atom. The van der Waals surface area contributed by atoms with Gasteiger partial charge in [-0.25, -0.2) is 15.0 Å². The molecule has 2 aromatic rings. The van der Waals surface area contributed by atoms with Crippen LogP contribution in [0.1, 0.15) is 61.5 Å². The fraction of sp³-hybridized carbons (Fsp3) is 0.550. The summed E-state index contributed by atoms with van der Waals surface area (Å²) >= 11 is 1.37. The largest absolute Gasteiger partial charge is 0.346 e. The molecule has 3 rings (SSSR count). The van der Waals surface area contributed by atoms with Crippen molar-refractivity contribution in [3.8, 4) is 6.07 Å². The van der Waals surface area contributed by atoms with Crippen molar-refractivity contribution in [1.29, 1.82) is 5.26 Å². The Morgan fingerprint density at radius 2 is 2.17 bits per heavy atom. The third kappa shape index (κ3) is 5.95. The highest BCUT2D eigenvalue weighted by molar-refractivity contribution is 7.14. The Morgan fingerprint density at radius 1 is 1.38 bits per heavy atom. The van der Waals surface area contributed by atoms with Gasteiger partial charge in [0.25, 0.3) is 5.91 Å². The number of nitrogens with zero attached hydrogens (tertiary/aromatic N) is 5. The first-order chi connectivity index (χ1) is 13.7. The van der Waals surface area contributed by atoms with Crippen LogP contribution in [0.3, 0.4) is 0 Å². The molecule has 0 saturated carbocycles. The quantitative estimate of drug-likeness (QED) is 0.725. The minimum Gasteiger partial charge on any atom is -0.346 e. The zero-order valence-corrected chi connectivity index (χ0v) is 18.1. The highest BCUT2D eigenvalue weighted by Crippen LogP contribution is 2.28. The second kappa shape index (κ2) is 8.84. The zero-order chi connectivity index (χ0) is 21.0. The number of anilines is 2. The van der Waals surface area contributed by atoms with Gasteiger partial charge in [0.05, 0.1) is 18.3 Å². The van der Waals surface area contributed by atoms with Crippen molar-refractivity contribution in [2.75, 3.05) is 25.0 Å². The Hall–Kier alpha value is -2.57. The van der Waals surface area contributed by atoms with E-state index in [2.05, 4.69) is 36.6 Å². The summed E-state index contributed by atoms with van der Waals surface area (Å²) in [5.74, 6) is 1.44. The van der Waals surface area contributed by atoms with Crippen molar-refractivity contribution in [1.82, 2.24) is 25.2 Å². The van der Waals surface area contributed by atoms with Crippen molar-refractivity contribution < 1.29 is 4.79 Å². The van der Waals surface area contributed by atoms with E-state index in [0.717, 1.165) is 31.6 Å². The lowest BCUT2D eigenvalue weighted by atomic mass is 9.94. The molecule has 1 aliphatic heterocycles. The molecule has 1 unspecified atom stereocenters. The number of aromatic nitrogens is 3. The maximum atomic E-state index is 12.3. The predicted octanol–water partition coefficient (Wildman–Crippen LogP) is 3.22. The fourth-order valence-corrected chi connectivity index (χ4v) is 4.05. The van der Waals surface area contributed by atoms with Crippen molar-refractivity contribution in [3.63, 3.8) is 0 Å². The van der Waals surface area contributed by atoms with Crippen LogP contribution in [0.15, 0.2) is 11.4 Å². The number of likely N-dealkylation sites (tertiary alicyclic amines) is 1. The van der Waals surface area contributed by atoms with Crippen LogP contribution >= 0.6 is 11.3 Å². The summed E-state index contributed by atoms with van der Waals surface area (Å²) in [7, 11) is 0. The first-order valence-electron chi connectivity index (χ1n) is 9.73. The molecule has 1 aliphatic rings. The Bertz CT molecular complexity index is 912. The van der Waals surface area contributed by atoms with Gasteiger partial charge in [0, 0.05) is 29.4 Å². The molecule has 8 nitrogen and oxygen atoms in total. The van der Waals surface area contributed by atoms with E-state index in [1.807, 2.05) is 33.8 Å². The second-order valence-corrected chi connectivity index (χ2v) is 9.18. The van der Waals surface area contributed by atoms with E-state index < -0.39 is 0 Å². The van der Waals surface area contributed by atoms with E-state index >= 15 is 0 Å². The molecule has 1 amide bonds. The van der Waals surface area contributed by atoms with Gasteiger partial charge in [0.1, 0.15) is 17.3 Å². The van der Waals surface area contributed by atoms with E-state index in [9.17, 15) is 4.79 Å². The van der Waals surface area contributed by atoms with Gasteiger partial charge in [-0.15, -0.1) is 11.3 Å². The maximum Gasteiger partial charge on any atom is 0.271 e. The van der Waals surface area contributed by atoms with Crippen LogP contribution in [0.2, 0.25) is 0 Å². The number of nitriles is 1. The lowest BCUT2D eigenvalue weighted by Crippen LogP contribution is -2.40. The van der Waals surface area contributed by atoms with Crippen molar-refractivity contribution >= 4 is 28.2 Å². The molecule has 1 fully saturated rings. The molecule has 0 aliphatic carbocycles. The monoisotopic (exact) mass is 413 g/mol. The molecule has 1 atom stereocenters. The minimum absolute atomic E-state index is 0.193. The molecule has 1 saturated heterocycles. The number of nitrogens with one attached hydrogen (secondary N) is 2. The normalized spacial score (nSPS) is 17.6. The van der Waals surface area contributed by atoms with Crippen molar-refractivity contribution in [3.05, 3.63) is 28.7 Å². The SMILES string of the molecule is Cc1nc(Nc2nc(C(=O)NC(C)(C)C)cs2)cc(C2CCCN(CC#N)C2)n1. The summed E-state index contributed by atoms with van der Waals surface area (Å²) in [4.78, 5) is 27.9. The number of amides is 1. The number of piperidine rings is 1. The summed E-state index contributed by atoms with van der Waals surface area (Å²) in [5, 5.41) is 17.4. The average Bonchev–Trinajstić information content (AvgIpc) is 3.09. The molecular formula is C20H27N7OS. The molecule has 29 heavy (non-hydrogen) atoms. The molecule has 154 valence electrons. The standard InChI is InChI=1S/C20H27N7OS/c1-13-22-15(14-6-5-8-27(11-14)9-7-21)10-17(23-13)25-19-24-16(12-29-19)18(28)26-20(2,3)4/h10,12,14H,5-6,8-9,11H2,1-4H3,(H,26,28)(H,22,23,24,25). The third-order valence-corrected chi connectivity index (χ3v) is 5.29. The number of rotatable bonds is 5. The molecule has 2 N–H and O–H groups in total. The van der Waals surface area contributed by atoms with Crippen LogP contribution in [0.5, 0.6) is 0 Å². The number of aryl methyl sites for hydroxylation is 1. The zero-order valence-electron chi connectivity index (χ0n) is 17.3. The van der Waals surface area contributed by atoms with Gasteiger partial charge in [0.2, 0.25) is 0 Å². The number of hydrogen-bond acceptors (Lipinski definition) is 8. The van der Waals surface area contributed by atoms with Crippen molar-refractivity contribution in [2.45, 2.75) is 52.0 Å². The van der Waals surface area contributed by atoms with Gasteiger partial charge in [-0.1, -0.05) is 0 Å². The summed E-state index contributed by atoms with van der Waals surface area (Å²) in [5.41, 5.74) is 1.05. The van der Waals surface area contributed by atoms with E-state index in [1.165, 1.54) is 11.3 Å². The Labute approximate surface area is 175 Å². The van der Waals surface area contributed by atoms with Gasteiger partial charge in [0.15, 0.2) is 5.13 Å². The van der Waals surface area contributed by atoms with Gasteiger partial charge in [-0.3, -0.25) is 9.69 Å². The third-order valence-electron chi connectivity index (χ3n) is 4.54. The van der Waals surface area contributed by atoms with Crippen LogP contribution in [0.25, 0.3) is 0 Å². The Kier molecular flexibility index (Phi) is 6.45. The average molecular weight is 414 g/mol.